The van der Waals surface area contributed by atoms with E-state index >= 15 is 4.11 Å². The largest absolute Gasteiger partial charge is 0.396 e. The van der Waals surface area contributed by atoms with Crippen molar-refractivity contribution >= 4 is 31.6 Å². The Bertz CT molecular complexity index is 1270. The number of carbonyl (C=O) groups is 2. The van der Waals surface area contributed by atoms with E-state index in [4.69, 9.17) is 4.74 Å². The maximum Gasteiger partial charge on any atom is 0.264 e. The van der Waals surface area contributed by atoms with Crippen LogP contribution in [0.3, 0.4) is 0 Å². The number of hydrogen-bond acceptors (Lipinski definition) is 7. The highest BCUT2D eigenvalue weighted by Crippen LogP contribution is 2.60. The topological polar surface area (TPSA) is 113 Å². The minimum atomic E-state index is -3.30. The first kappa shape index (κ1) is 27.6. The lowest BCUT2D eigenvalue weighted by atomic mass is 9.82. The van der Waals surface area contributed by atoms with Gasteiger partial charge >= 0.3 is 0 Å². The molecular weight excluding hydrogens is 519 g/mol. The molecule has 1 aromatic carbocycles. The molecule has 39 heavy (non-hydrogen) atoms. The van der Waals surface area contributed by atoms with E-state index < -0.39 is 31.6 Å². The zero-order chi connectivity index (χ0) is 27.9. The van der Waals surface area contributed by atoms with Gasteiger partial charge in [0.1, 0.15) is 0 Å². The van der Waals surface area contributed by atoms with Crippen LogP contribution in [0.2, 0.25) is 18.6 Å². The van der Waals surface area contributed by atoms with Crippen molar-refractivity contribution in [3.8, 4) is 0 Å². The lowest BCUT2D eigenvalue weighted by Crippen LogP contribution is -2.48. The molecule has 0 aliphatic carbocycles. The Kier molecular flexibility index (Phi) is 7.48. The maximum atomic E-state index is 16.0. The summed E-state index contributed by atoms with van der Waals surface area (Å²) in [5.74, 6) is -0.681. The summed E-state index contributed by atoms with van der Waals surface area (Å²) in [4.78, 5) is 30.3. The van der Waals surface area contributed by atoms with Crippen LogP contribution in [0.25, 0.3) is 0 Å². The van der Waals surface area contributed by atoms with Crippen LogP contribution in [0.1, 0.15) is 24.6 Å². The van der Waals surface area contributed by atoms with E-state index in [9.17, 15) is 14.7 Å². The van der Waals surface area contributed by atoms with Gasteiger partial charge in [-0.05, 0) is 37.7 Å². The van der Waals surface area contributed by atoms with Crippen molar-refractivity contribution in [2.24, 2.45) is 5.92 Å². The number of anilines is 2. The first-order chi connectivity index (χ1) is 18.6. The van der Waals surface area contributed by atoms with Crippen LogP contribution in [0.4, 0.5) is 15.5 Å². The number of nitrogens with zero attached hydrogens (tertiary/aromatic N) is 5. The molecule has 2 fully saturated rings. The van der Waals surface area contributed by atoms with Gasteiger partial charge in [-0.2, -0.15) is 0 Å². The summed E-state index contributed by atoms with van der Waals surface area (Å²) in [7, 11) is -3.30. The summed E-state index contributed by atoms with van der Waals surface area (Å²) in [6.45, 7) is 11.3. The second kappa shape index (κ2) is 10.6. The number of rotatable bonds is 9. The Morgan fingerprint density at radius 2 is 2.15 bits per heavy atom. The number of halogens is 1. The fourth-order valence-electron chi connectivity index (χ4n) is 6.60. The van der Waals surface area contributed by atoms with Crippen LogP contribution < -0.4 is 15.1 Å². The molecule has 3 aliphatic rings. The van der Waals surface area contributed by atoms with Crippen molar-refractivity contribution in [3.05, 3.63) is 48.3 Å². The number of aryl methyl sites for hydroxylation is 1. The van der Waals surface area contributed by atoms with Crippen LogP contribution in [0, 0.1) is 5.92 Å². The van der Waals surface area contributed by atoms with E-state index in [1.54, 1.807) is 39.8 Å². The Labute approximate surface area is 229 Å². The summed E-state index contributed by atoms with van der Waals surface area (Å²) in [5.41, 5.74) is 0.980. The highest BCUT2D eigenvalue weighted by Gasteiger charge is 2.66. The van der Waals surface area contributed by atoms with Gasteiger partial charge in [0.05, 0.1) is 24.0 Å². The fraction of sp³-hybridized carbons (Fsp3) is 0.556. The van der Waals surface area contributed by atoms with Gasteiger partial charge in [-0.1, -0.05) is 18.2 Å². The van der Waals surface area contributed by atoms with E-state index in [0.29, 0.717) is 61.7 Å². The van der Waals surface area contributed by atoms with E-state index in [0.717, 1.165) is 0 Å². The number of ether oxygens (including phenoxy) is 1. The van der Waals surface area contributed by atoms with E-state index in [1.807, 2.05) is 25.1 Å². The lowest BCUT2D eigenvalue weighted by molar-refractivity contribution is -0.145. The number of amides is 2. The highest BCUT2D eigenvalue weighted by molar-refractivity contribution is 6.72. The van der Waals surface area contributed by atoms with Crippen LogP contribution in [-0.4, -0.2) is 79.2 Å². The third-order valence-corrected chi connectivity index (χ3v) is 10.7. The molecular formula is C27H37FN6O4Si. The van der Waals surface area contributed by atoms with Crippen molar-refractivity contribution in [3.63, 3.8) is 0 Å². The molecule has 210 valence electrons. The predicted octanol–water partition coefficient (Wildman–Crippen LogP) is 2.15. The Balaban J connectivity index is 1.53. The second-order valence-corrected chi connectivity index (χ2v) is 14.9. The van der Waals surface area contributed by atoms with E-state index in [1.165, 1.54) is 0 Å². The van der Waals surface area contributed by atoms with Crippen LogP contribution in [0.15, 0.2) is 37.1 Å². The average Bonchev–Trinajstić information content (AvgIpc) is 3.53. The first-order valence-corrected chi connectivity index (χ1v) is 16.5. The minimum absolute atomic E-state index is 0.0154. The summed E-state index contributed by atoms with van der Waals surface area (Å²) >= 11 is 0. The quantitative estimate of drug-likeness (QED) is 0.277. The van der Waals surface area contributed by atoms with Gasteiger partial charge in [0.25, 0.3) is 5.91 Å². The standard InChI is InChI=1S/C27H37FN6O4Si/c1-5-11-34-22-7-6-20(33-13-10-29-16-24(33)36)15-21(22)27(26(34)37)18(2)25(39(3,4)28)23(38-27)8-12-32-17-19(9-14-35)30-31-32/h5-7,15,17-18,23,25,29,35H,1,8-14,16H2,2-4H3/t18-,23+,25-,27+/m0/s1. The number of aromatic nitrogens is 3. The van der Waals surface area contributed by atoms with Crippen LogP contribution >= 0.6 is 0 Å². The number of carbonyl (C=O) groups excluding carboxylic acids is 2. The molecule has 1 aromatic heterocycles. The molecule has 2 saturated heterocycles. The van der Waals surface area contributed by atoms with Gasteiger partial charge in [0.2, 0.25) is 14.3 Å². The van der Waals surface area contributed by atoms with Crippen molar-refractivity contribution in [1.29, 1.82) is 0 Å². The molecule has 10 nitrogen and oxygen atoms in total. The predicted molar refractivity (Wildman–Crippen MR) is 148 cm³/mol. The molecule has 2 N–H and O–H groups in total. The zero-order valence-corrected chi connectivity index (χ0v) is 23.8. The number of benzene rings is 1. The molecule has 2 amide bonds. The first-order valence-electron chi connectivity index (χ1n) is 13.6. The normalized spacial score (nSPS) is 27.1. The number of nitrogens with one attached hydrogen (secondary N) is 1. The number of aliphatic hydroxyl groups excluding tert-OH is 1. The molecule has 2 aromatic rings. The highest BCUT2D eigenvalue weighted by atomic mass is 28.4. The summed E-state index contributed by atoms with van der Waals surface area (Å²) in [6, 6.07) is 5.62. The monoisotopic (exact) mass is 556 g/mol. The van der Waals surface area contributed by atoms with Crippen LogP contribution in [0.5, 0.6) is 0 Å². The third kappa shape index (κ3) is 4.73. The number of aliphatic hydroxyl groups is 1. The molecule has 0 saturated carbocycles. The molecule has 5 rings (SSSR count). The van der Waals surface area contributed by atoms with Crippen LogP contribution in [-0.2, 0) is 32.9 Å². The lowest BCUT2D eigenvalue weighted by Gasteiger charge is -2.32. The van der Waals surface area contributed by atoms with Gasteiger partial charge in [-0.15, -0.1) is 11.7 Å². The number of hydrogen-bond donors (Lipinski definition) is 2. The molecule has 12 heteroatoms. The van der Waals surface area contributed by atoms with Gasteiger partial charge in [-0.3, -0.25) is 14.3 Å². The molecule has 4 heterocycles. The summed E-state index contributed by atoms with van der Waals surface area (Å²) in [5, 5.41) is 20.5. The van der Waals surface area contributed by atoms with Gasteiger partial charge in [-0.25, -0.2) is 0 Å². The molecule has 0 unspecified atom stereocenters. The van der Waals surface area contributed by atoms with Crippen molar-refractivity contribution < 1.29 is 23.5 Å². The SMILES string of the molecule is C=CCN1C(=O)[C@]2(O[C@H](CCn3cc(CCO)nn3)[C@@H]([Si](C)(C)F)[C@@H]2C)c2cc(N3CCNCC3=O)ccc21. The average molecular weight is 557 g/mol. The zero-order valence-electron chi connectivity index (χ0n) is 22.8. The van der Waals surface area contributed by atoms with E-state index in [-0.39, 0.29) is 25.0 Å². The molecule has 0 bridgehead atoms. The van der Waals surface area contributed by atoms with E-state index in [2.05, 4.69) is 22.2 Å². The fourth-order valence-corrected chi connectivity index (χ4v) is 9.14. The maximum absolute atomic E-state index is 16.0. The molecule has 3 aliphatic heterocycles. The molecule has 1 spiro atoms. The molecule has 4 atom stereocenters. The summed E-state index contributed by atoms with van der Waals surface area (Å²) in [6.07, 6.45) is 3.80. The second-order valence-electron chi connectivity index (χ2n) is 11.1. The number of fused-ring (bicyclic) bond motifs is 2. The number of piperazine rings is 1. The van der Waals surface area contributed by atoms with Gasteiger partial charge in [0.15, 0.2) is 5.60 Å². The minimum Gasteiger partial charge on any atom is -0.396 e. The Morgan fingerprint density at radius 3 is 2.85 bits per heavy atom. The molecule has 0 radical (unpaired) electrons. The summed E-state index contributed by atoms with van der Waals surface area (Å²) < 4.78 is 24.5. The van der Waals surface area contributed by atoms with Gasteiger partial charge < -0.3 is 29.1 Å². The van der Waals surface area contributed by atoms with Gasteiger partial charge in [0, 0.05) is 68.1 Å². The Hall–Kier alpha value is -2.93. The van der Waals surface area contributed by atoms with Crippen molar-refractivity contribution in [2.75, 3.05) is 42.6 Å². The smallest absolute Gasteiger partial charge is 0.264 e. The van der Waals surface area contributed by atoms with Crippen molar-refractivity contribution in [2.45, 2.75) is 56.7 Å². The van der Waals surface area contributed by atoms with Crippen molar-refractivity contribution in [1.82, 2.24) is 20.3 Å². The third-order valence-electron chi connectivity index (χ3n) is 8.25. The Morgan fingerprint density at radius 1 is 1.36 bits per heavy atom.